The van der Waals surface area contributed by atoms with Crippen LogP contribution in [0, 0.1) is 10.1 Å². The summed E-state index contributed by atoms with van der Waals surface area (Å²) in [5.74, 6) is 0. The van der Waals surface area contributed by atoms with E-state index in [4.69, 9.17) is 21.1 Å². The maximum Gasteiger partial charge on any atom is 0.291 e. The second kappa shape index (κ2) is 18.5. The van der Waals surface area contributed by atoms with Gasteiger partial charge in [0.05, 0.1) is 0 Å². The Morgan fingerprint density at radius 1 is 0.889 bits per heavy atom. The first kappa shape index (κ1) is 19.5. The van der Waals surface area contributed by atoms with Crippen molar-refractivity contribution < 1.29 is 10.3 Å². The molecule has 0 saturated heterocycles. The van der Waals surface area contributed by atoms with Crippen LogP contribution >= 0.6 is 0 Å². The lowest BCUT2D eigenvalue weighted by Gasteiger charge is -2.01. The molecular weight excluding hydrogens is 232 g/mol. The van der Waals surface area contributed by atoms with Gasteiger partial charge in [-0.15, -0.1) is 10.1 Å². The predicted molar refractivity (Wildman–Crippen MR) is 74.3 cm³/mol. The van der Waals surface area contributed by atoms with E-state index in [0.29, 0.717) is 0 Å². The van der Waals surface area contributed by atoms with Gasteiger partial charge < -0.3 is 10.9 Å². The van der Waals surface area contributed by atoms with Crippen LogP contribution in [0.5, 0.6) is 0 Å². The second-order valence-electron chi connectivity index (χ2n) is 4.56. The Hall–Kier alpha value is -0.840. The van der Waals surface area contributed by atoms with Gasteiger partial charge in [0, 0.05) is 0 Å². The maximum absolute atomic E-state index is 8.36. The quantitative estimate of drug-likeness (QED) is 0.335. The molecule has 0 unspecified atom stereocenters. The molecule has 0 aromatic carbocycles. The van der Waals surface area contributed by atoms with Gasteiger partial charge in [0.1, 0.15) is 0 Å². The van der Waals surface area contributed by atoms with Crippen LogP contribution in [0.3, 0.4) is 0 Å². The van der Waals surface area contributed by atoms with E-state index < -0.39 is 5.09 Å². The Labute approximate surface area is 111 Å². The van der Waals surface area contributed by atoms with Crippen LogP contribution < -0.4 is 5.73 Å². The molecule has 0 aliphatic carbocycles. The fourth-order valence-electron chi connectivity index (χ4n) is 1.81. The van der Waals surface area contributed by atoms with E-state index in [1.54, 1.807) is 0 Å². The zero-order valence-electron chi connectivity index (χ0n) is 11.8. The number of rotatable bonds is 11. The molecule has 0 heterocycles. The van der Waals surface area contributed by atoms with E-state index in [2.05, 4.69) is 6.92 Å². The normalized spacial score (nSPS) is 9.67. The molecule has 18 heavy (non-hydrogen) atoms. The summed E-state index contributed by atoms with van der Waals surface area (Å²) < 4.78 is 0. The Kier molecular flexibility index (Phi) is 20.1. The van der Waals surface area contributed by atoms with E-state index in [0.717, 1.165) is 6.54 Å². The number of hydrogen-bond acceptors (Lipinski definition) is 3. The fourth-order valence-corrected chi connectivity index (χ4v) is 1.81. The average molecular weight is 262 g/mol. The minimum atomic E-state index is -1.50. The van der Waals surface area contributed by atoms with Gasteiger partial charge in [-0.05, 0) is 13.0 Å². The molecule has 5 nitrogen and oxygen atoms in total. The number of nitrogens with two attached hydrogens (primary N) is 1. The van der Waals surface area contributed by atoms with Crippen molar-refractivity contribution >= 4 is 0 Å². The van der Waals surface area contributed by atoms with Gasteiger partial charge in [-0.3, -0.25) is 0 Å². The zero-order valence-corrected chi connectivity index (χ0v) is 11.8. The Morgan fingerprint density at radius 3 is 1.44 bits per heavy atom. The molecule has 5 heteroatoms. The molecular formula is C13H30N2O3. The molecule has 0 aromatic heterocycles. The van der Waals surface area contributed by atoms with Crippen molar-refractivity contribution in [1.29, 1.82) is 0 Å². The summed E-state index contributed by atoms with van der Waals surface area (Å²) in [6, 6.07) is 0. The van der Waals surface area contributed by atoms with Gasteiger partial charge >= 0.3 is 0 Å². The minimum Gasteiger partial charge on any atom is -0.330 e. The molecule has 110 valence electrons. The Bertz CT molecular complexity index is 150. The van der Waals surface area contributed by atoms with Crippen LogP contribution in [-0.4, -0.2) is 16.8 Å². The average Bonchev–Trinajstić information content (AvgIpc) is 2.31. The molecule has 0 aliphatic rings. The Balaban J connectivity index is 0. The fraction of sp³-hybridized carbons (Fsp3) is 1.00. The molecule has 0 saturated carbocycles. The van der Waals surface area contributed by atoms with Gasteiger partial charge in [0.25, 0.3) is 5.09 Å². The standard InChI is InChI=1S/C13H29N.HNO3/c1-2-3-4-5-6-7-8-9-10-11-12-13-14;2-1(3)4/h2-14H2,1H3;(H,2,3,4). The van der Waals surface area contributed by atoms with Crippen LogP contribution in [0.2, 0.25) is 0 Å². The minimum absolute atomic E-state index is 0.872. The molecule has 0 radical (unpaired) electrons. The largest absolute Gasteiger partial charge is 0.330 e. The number of nitrogens with zero attached hydrogens (tertiary/aromatic N) is 1. The third-order valence-corrected chi connectivity index (χ3v) is 2.81. The molecule has 0 fully saturated rings. The van der Waals surface area contributed by atoms with Gasteiger partial charge in [-0.2, -0.15) is 0 Å². The summed E-state index contributed by atoms with van der Waals surface area (Å²) in [6.45, 7) is 3.15. The molecule has 3 N–H and O–H groups in total. The smallest absolute Gasteiger partial charge is 0.291 e. The lowest BCUT2D eigenvalue weighted by Crippen LogP contribution is -1.97. The lowest BCUT2D eigenvalue weighted by molar-refractivity contribution is -0.742. The van der Waals surface area contributed by atoms with Crippen LogP contribution in [0.4, 0.5) is 0 Å². The van der Waals surface area contributed by atoms with E-state index in [1.807, 2.05) is 0 Å². The second-order valence-corrected chi connectivity index (χ2v) is 4.56. The van der Waals surface area contributed by atoms with Crippen LogP contribution in [-0.2, 0) is 0 Å². The van der Waals surface area contributed by atoms with E-state index in [1.165, 1.54) is 70.6 Å². The zero-order chi connectivity index (χ0) is 14.1. The van der Waals surface area contributed by atoms with Gasteiger partial charge in [-0.1, -0.05) is 71.1 Å². The maximum atomic E-state index is 8.36. The van der Waals surface area contributed by atoms with Crippen molar-refractivity contribution in [2.24, 2.45) is 5.73 Å². The summed E-state index contributed by atoms with van der Waals surface area (Å²) in [5, 5.41) is 13.6. The third-order valence-electron chi connectivity index (χ3n) is 2.81. The first-order valence-corrected chi connectivity index (χ1v) is 7.18. The molecule has 0 rings (SSSR count). The predicted octanol–water partition coefficient (Wildman–Crippen LogP) is 3.91. The van der Waals surface area contributed by atoms with Crippen LogP contribution in [0.15, 0.2) is 0 Å². The molecule has 0 bridgehead atoms. The molecule has 0 aliphatic heterocycles. The number of hydrogen-bond donors (Lipinski definition) is 2. The molecule has 0 amide bonds. The highest BCUT2D eigenvalue weighted by molar-refractivity contribution is 4.47. The van der Waals surface area contributed by atoms with E-state index in [9.17, 15) is 0 Å². The highest BCUT2D eigenvalue weighted by Crippen LogP contribution is 2.10. The van der Waals surface area contributed by atoms with E-state index >= 15 is 0 Å². The summed E-state index contributed by atoms with van der Waals surface area (Å²) in [6.07, 6.45) is 15.4. The van der Waals surface area contributed by atoms with Gasteiger partial charge in [0.2, 0.25) is 0 Å². The first-order chi connectivity index (χ1) is 8.65. The Morgan fingerprint density at radius 2 is 1.17 bits per heavy atom. The van der Waals surface area contributed by atoms with Crippen LogP contribution in [0.1, 0.15) is 77.6 Å². The highest BCUT2D eigenvalue weighted by atomic mass is 16.9. The molecule has 0 atom stereocenters. The van der Waals surface area contributed by atoms with Gasteiger partial charge in [-0.25, -0.2) is 0 Å². The highest BCUT2D eigenvalue weighted by Gasteiger charge is 1.91. The van der Waals surface area contributed by atoms with Crippen LogP contribution in [0.25, 0.3) is 0 Å². The molecule has 0 spiro atoms. The summed E-state index contributed by atoms with van der Waals surface area (Å²) in [4.78, 5) is 8.36. The van der Waals surface area contributed by atoms with Crippen molar-refractivity contribution in [2.75, 3.05) is 6.54 Å². The summed E-state index contributed by atoms with van der Waals surface area (Å²) in [5.41, 5.74) is 5.44. The SMILES string of the molecule is CCCCCCCCCCCCCN.O=[N+]([O-])O. The summed E-state index contributed by atoms with van der Waals surface area (Å²) >= 11 is 0. The lowest BCUT2D eigenvalue weighted by atomic mass is 10.1. The first-order valence-electron chi connectivity index (χ1n) is 7.18. The van der Waals surface area contributed by atoms with Crippen molar-refractivity contribution in [2.45, 2.75) is 77.6 Å². The third kappa shape index (κ3) is 29.4. The summed E-state index contributed by atoms with van der Waals surface area (Å²) in [7, 11) is 0. The molecule has 0 aromatic rings. The van der Waals surface area contributed by atoms with E-state index in [-0.39, 0.29) is 0 Å². The van der Waals surface area contributed by atoms with Crippen molar-refractivity contribution in [3.05, 3.63) is 10.1 Å². The van der Waals surface area contributed by atoms with Crippen molar-refractivity contribution in [1.82, 2.24) is 0 Å². The monoisotopic (exact) mass is 262 g/mol. The topological polar surface area (TPSA) is 89.4 Å². The number of unbranched alkanes of at least 4 members (excludes halogenated alkanes) is 10. The van der Waals surface area contributed by atoms with Gasteiger partial charge in [0.15, 0.2) is 0 Å². The van der Waals surface area contributed by atoms with Crippen molar-refractivity contribution in [3.63, 3.8) is 0 Å². The van der Waals surface area contributed by atoms with Crippen molar-refractivity contribution in [3.8, 4) is 0 Å².